The largest absolute Gasteiger partial charge is 0.445 e. The van der Waals surface area contributed by atoms with E-state index in [0.717, 1.165) is 39.9 Å². The van der Waals surface area contributed by atoms with Crippen LogP contribution in [-0.2, 0) is 35.9 Å². The number of carbonyl (C=O) groups is 1. The third-order valence-corrected chi connectivity index (χ3v) is 6.01. The average molecular weight is 422 g/mol. The molecule has 0 fully saturated rings. The fourth-order valence-electron chi connectivity index (χ4n) is 3.07. The van der Waals surface area contributed by atoms with E-state index in [4.69, 9.17) is 4.42 Å². The lowest BCUT2D eigenvalue weighted by Gasteiger charge is -2.13. The molecule has 0 aliphatic carbocycles. The predicted octanol–water partition coefficient (Wildman–Crippen LogP) is 5.10. The Morgan fingerprint density at radius 1 is 1.13 bits per heavy atom. The highest BCUT2D eigenvalue weighted by Gasteiger charge is 2.20. The Hall–Kier alpha value is -2.78. The molecule has 5 nitrogen and oxygen atoms in total. The highest BCUT2D eigenvalue weighted by Crippen LogP contribution is 2.24. The van der Waals surface area contributed by atoms with E-state index < -0.39 is 5.92 Å². The van der Waals surface area contributed by atoms with E-state index in [1.54, 1.807) is 17.5 Å². The number of aromatic nitrogens is 2. The van der Waals surface area contributed by atoms with Crippen LogP contribution in [-0.4, -0.2) is 15.8 Å². The van der Waals surface area contributed by atoms with Crippen LogP contribution in [0.15, 0.2) is 47.1 Å². The van der Waals surface area contributed by atoms with Crippen molar-refractivity contribution in [2.75, 3.05) is 0 Å². The van der Waals surface area contributed by atoms with Crippen molar-refractivity contribution in [3.8, 4) is 6.07 Å². The SMILES string of the molecule is CC(C)(C)c1cnc(CCc2cnc(CCC(=O)C(C#N)Cc3ccccc3)s2)o1. The topological polar surface area (TPSA) is 79.8 Å². The molecule has 6 heteroatoms. The van der Waals surface area contributed by atoms with E-state index in [-0.39, 0.29) is 11.2 Å². The molecule has 1 atom stereocenters. The van der Waals surface area contributed by atoms with Crippen LogP contribution in [0, 0.1) is 17.2 Å². The number of hydrogen-bond donors (Lipinski definition) is 0. The molecule has 3 rings (SSSR count). The molecular formula is C24H27N3O2S. The molecule has 1 unspecified atom stereocenters. The summed E-state index contributed by atoms with van der Waals surface area (Å²) in [5.41, 5.74) is 0.965. The minimum Gasteiger partial charge on any atom is -0.445 e. The van der Waals surface area contributed by atoms with E-state index in [2.05, 4.69) is 36.8 Å². The highest BCUT2D eigenvalue weighted by molar-refractivity contribution is 7.11. The van der Waals surface area contributed by atoms with Crippen LogP contribution < -0.4 is 0 Å². The first-order valence-electron chi connectivity index (χ1n) is 10.2. The fraction of sp³-hybridized carbons (Fsp3) is 0.417. The molecule has 2 aromatic heterocycles. The molecule has 0 saturated heterocycles. The van der Waals surface area contributed by atoms with Crippen LogP contribution >= 0.6 is 11.3 Å². The van der Waals surface area contributed by atoms with Gasteiger partial charge in [-0.25, -0.2) is 9.97 Å². The smallest absolute Gasteiger partial charge is 0.194 e. The number of aryl methyl sites for hydroxylation is 3. The Kier molecular flexibility index (Phi) is 7.17. The van der Waals surface area contributed by atoms with Crippen molar-refractivity contribution in [3.63, 3.8) is 0 Å². The summed E-state index contributed by atoms with van der Waals surface area (Å²) in [5.74, 6) is 1.01. The van der Waals surface area contributed by atoms with E-state index in [1.807, 2.05) is 36.5 Å². The summed E-state index contributed by atoms with van der Waals surface area (Å²) in [7, 11) is 0. The first kappa shape index (κ1) is 21.9. The molecule has 3 aromatic rings. The number of thiazole rings is 1. The molecule has 30 heavy (non-hydrogen) atoms. The zero-order valence-electron chi connectivity index (χ0n) is 17.7. The standard InChI is InChI=1S/C24H27N3O2S/c1-24(2,3)21-16-26-22(29-21)11-9-19-15-27-23(30-19)12-10-20(28)18(14-25)13-17-7-5-4-6-8-17/h4-8,15-16,18H,9-13H2,1-3H3. The average Bonchev–Trinajstić information content (AvgIpc) is 3.38. The molecule has 0 amide bonds. The normalized spacial score (nSPS) is 12.5. The number of nitrogens with zero attached hydrogens (tertiary/aromatic N) is 3. The molecule has 156 valence electrons. The minimum atomic E-state index is -0.603. The summed E-state index contributed by atoms with van der Waals surface area (Å²) in [5, 5.41) is 10.3. The number of benzene rings is 1. The van der Waals surface area contributed by atoms with Crippen LogP contribution in [0.4, 0.5) is 0 Å². The van der Waals surface area contributed by atoms with Gasteiger partial charge in [0, 0.05) is 35.8 Å². The summed E-state index contributed by atoms with van der Waals surface area (Å²) in [6.07, 6.45) is 6.58. The van der Waals surface area contributed by atoms with Crippen molar-refractivity contribution in [1.82, 2.24) is 9.97 Å². The Labute approximate surface area is 181 Å². The molecule has 0 bridgehead atoms. The highest BCUT2D eigenvalue weighted by atomic mass is 32.1. The molecule has 0 saturated carbocycles. The molecular weight excluding hydrogens is 394 g/mol. The predicted molar refractivity (Wildman–Crippen MR) is 117 cm³/mol. The monoisotopic (exact) mass is 421 g/mol. The van der Waals surface area contributed by atoms with E-state index in [1.165, 1.54) is 0 Å². The first-order valence-corrected chi connectivity index (χ1v) is 11.0. The third-order valence-electron chi connectivity index (χ3n) is 4.89. The van der Waals surface area contributed by atoms with Crippen LogP contribution in [0.5, 0.6) is 0 Å². The number of rotatable bonds is 9. The lowest BCUT2D eigenvalue weighted by atomic mass is 9.94. The minimum absolute atomic E-state index is 0.0207. The maximum Gasteiger partial charge on any atom is 0.194 e. The van der Waals surface area contributed by atoms with Crippen LogP contribution in [0.3, 0.4) is 0 Å². The zero-order valence-corrected chi connectivity index (χ0v) is 18.5. The number of Topliss-reactive ketones (excluding diaryl/α,β-unsaturated/α-hetero) is 1. The van der Waals surface area contributed by atoms with Gasteiger partial charge in [0.1, 0.15) is 11.7 Å². The van der Waals surface area contributed by atoms with Gasteiger partial charge in [-0.15, -0.1) is 11.3 Å². The van der Waals surface area contributed by atoms with Crippen molar-refractivity contribution >= 4 is 17.1 Å². The lowest BCUT2D eigenvalue weighted by molar-refractivity contribution is -0.121. The number of oxazole rings is 1. The van der Waals surface area contributed by atoms with Gasteiger partial charge in [-0.2, -0.15) is 5.26 Å². The van der Waals surface area contributed by atoms with Crippen LogP contribution in [0.25, 0.3) is 0 Å². The second kappa shape index (κ2) is 9.82. The molecule has 0 radical (unpaired) electrons. The molecule has 0 spiro atoms. The van der Waals surface area contributed by atoms with E-state index in [0.29, 0.717) is 19.3 Å². The van der Waals surface area contributed by atoms with Crippen LogP contribution in [0.2, 0.25) is 0 Å². The third kappa shape index (κ3) is 6.11. The van der Waals surface area contributed by atoms with Crippen molar-refractivity contribution in [2.45, 2.75) is 58.3 Å². The summed E-state index contributed by atoms with van der Waals surface area (Å²) < 4.78 is 5.84. The Bertz CT molecular complexity index is 1010. The molecule has 0 N–H and O–H groups in total. The van der Waals surface area contributed by atoms with Gasteiger partial charge in [0.05, 0.1) is 17.3 Å². The van der Waals surface area contributed by atoms with E-state index >= 15 is 0 Å². The first-order chi connectivity index (χ1) is 14.3. The van der Waals surface area contributed by atoms with Gasteiger partial charge < -0.3 is 4.42 Å². The second-order valence-electron chi connectivity index (χ2n) is 8.43. The summed E-state index contributed by atoms with van der Waals surface area (Å²) >= 11 is 1.61. The Morgan fingerprint density at radius 2 is 1.90 bits per heavy atom. The maximum absolute atomic E-state index is 12.5. The molecule has 0 aliphatic heterocycles. The number of nitriles is 1. The van der Waals surface area contributed by atoms with Gasteiger partial charge in [0.2, 0.25) is 0 Å². The summed E-state index contributed by atoms with van der Waals surface area (Å²) in [6, 6.07) is 11.8. The Balaban J connectivity index is 1.48. The van der Waals surface area contributed by atoms with Crippen molar-refractivity contribution < 1.29 is 9.21 Å². The zero-order chi connectivity index (χ0) is 21.6. The van der Waals surface area contributed by atoms with Crippen molar-refractivity contribution in [2.24, 2.45) is 5.92 Å². The quantitative estimate of drug-likeness (QED) is 0.480. The van der Waals surface area contributed by atoms with Gasteiger partial charge in [0.25, 0.3) is 0 Å². The molecule has 0 aliphatic rings. The number of ketones is 1. The summed E-state index contributed by atoms with van der Waals surface area (Å²) in [4.78, 5) is 22.4. The van der Waals surface area contributed by atoms with Crippen molar-refractivity contribution in [1.29, 1.82) is 5.26 Å². The number of hydrogen-bond acceptors (Lipinski definition) is 6. The van der Waals surface area contributed by atoms with Gasteiger partial charge in [-0.1, -0.05) is 51.1 Å². The summed E-state index contributed by atoms with van der Waals surface area (Å²) in [6.45, 7) is 6.31. The Morgan fingerprint density at radius 3 is 2.57 bits per heavy atom. The maximum atomic E-state index is 12.5. The second-order valence-corrected chi connectivity index (χ2v) is 9.63. The molecule has 2 heterocycles. The van der Waals surface area contributed by atoms with Gasteiger partial charge >= 0.3 is 0 Å². The van der Waals surface area contributed by atoms with Gasteiger partial charge in [-0.05, 0) is 18.4 Å². The van der Waals surface area contributed by atoms with Gasteiger partial charge in [-0.3, -0.25) is 4.79 Å². The van der Waals surface area contributed by atoms with E-state index in [9.17, 15) is 10.1 Å². The fourth-order valence-corrected chi connectivity index (χ4v) is 3.99. The van der Waals surface area contributed by atoms with Crippen molar-refractivity contribution in [3.05, 3.63) is 69.8 Å². The molecule has 1 aromatic carbocycles. The van der Waals surface area contributed by atoms with Gasteiger partial charge in [0.15, 0.2) is 11.7 Å². The number of carbonyl (C=O) groups excluding carboxylic acids is 1. The lowest BCUT2D eigenvalue weighted by Crippen LogP contribution is -2.16. The van der Waals surface area contributed by atoms with Crippen LogP contribution in [0.1, 0.15) is 54.3 Å².